The number of hydrogen-bond acceptors (Lipinski definition) is 4. The van der Waals surface area contributed by atoms with Gasteiger partial charge in [0.2, 0.25) is 0 Å². The number of amides is 3. The highest BCUT2D eigenvalue weighted by Gasteiger charge is 2.27. The number of piperazine rings is 1. The molecule has 0 saturated carbocycles. The van der Waals surface area contributed by atoms with Crippen molar-refractivity contribution in [2.24, 2.45) is 5.84 Å². The van der Waals surface area contributed by atoms with E-state index in [2.05, 4.69) is 11.8 Å². The monoisotopic (exact) mass is 417 g/mol. The van der Waals surface area contributed by atoms with Crippen LogP contribution in [0.3, 0.4) is 0 Å². The Kier molecular flexibility index (Phi) is 6.96. The van der Waals surface area contributed by atoms with Crippen LogP contribution in [0.25, 0.3) is 0 Å². The number of hydrazine groups is 1. The number of nitrogens with zero attached hydrogens (tertiary/aromatic N) is 3. The lowest BCUT2D eigenvalue weighted by molar-refractivity contribution is 0.0953. The van der Waals surface area contributed by atoms with Crippen LogP contribution in [0.15, 0.2) is 42.5 Å². The van der Waals surface area contributed by atoms with Crippen LogP contribution < -0.4 is 16.2 Å². The first kappa shape index (κ1) is 21.7. The Morgan fingerprint density at radius 2 is 1.83 bits per heavy atom. The fraction of sp³-hybridized carbons (Fsp3) is 0.333. The van der Waals surface area contributed by atoms with E-state index in [-0.39, 0.29) is 23.7 Å². The van der Waals surface area contributed by atoms with Crippen LogP contribution in [0.1, 0.15) is 22.8 Å². The van der Waals surface area contributed by atoms with Gasteiger partial charge in [0.15, 0.2) is 0 Å². The predicted octanol–water partition coefficient (Wildman–Crippen LogP) is 2.33. The molecule has 3 rings (SSSR count). The standard InChI is InChI=1S/C21H25F2N5O2/c1-2-26-8-10-27(11-9-26)21(30)28(18-5-3-4-17(22)13-18)14-16-7-6-15(12-19(16)23)20(29)25-24/h3-7,12-13H,2,8-11,14,24H2,1H3,(H,25,29). The van der Waals surface area contributed by atoms with Crippen LogP contribution in [0.4, 0.5) is 19.3 Å². The van der Waals surface area contributed by atoms with E-state index >= 15 is 0 Å². The molecule has 3 amide bonds. The number of likely N-dealkylation sites (N-methyl/N-ethyl adjacent to an activating group) is 1. The van der Waals surface area contributed by atoms with Crippen LogP contribution in [0, 0.1) is 11.6 Å². The maximum atomic E-state index is 14.7. The fourth-order valence-corrected chi connectivity index (χ4v) is 3.41. The van der Waals surface area contributed by atoms with Crippen molar-refractivity contribution in [1.29, 1.82) is 0 Å². The summed E-state index contributed by atoms with van der Waals surface area (Å²) in [4.78, 5) is 30.1. The van der Waals surface area contributed by atoms with Gasteiger partial charge in [-0.15, -0.1) is 0 Å². The number of hydrogen-bond donors (Lipinski definition) is 2. The minimum atomic E-state index is -0.652. The van der Waals surface area contributed by atoms with Crippen molar-refractivity contribution in [2.75, 3.05) is 37.6 Å². The van der Waals surface area contributed by atoms with Crippen LogP contribution >= 0.6 is 0 Å². The van der Waals surface area contributed by atoms with Gasteiger partial charge in [0.1, 0.15) is 11.6 Å². The molecule has 160 valence electrons. The topological polar surface area (TPSA) is 81.9 Å². The summed E-state index contributed by atoms with van der Waals surface area (Å²) in [5, 5.41) is 0. The highest BCUT2D eigenvalue weighted by atomic mass is 19.1. The van der Waals surface area contributed by atoms with Crippen molar-refractivity contribution in [3.8, 4) is 0 Å². The summed E-state index contributed by atoms with van der Waals surface area (Å²) < 4.78 is 28.5. The normalized spacial score (nSPS) is 14.5. The van der Waals surface area contributed by atoms with Gasteiger partial charge in [0.05, 0.1) is 6.54 Å². The van der Waals surface area contributed by atoms with Gasteiger partial charge in [-0.25, -0.2) is 19.4 Å². The van der Waals surface area contributed by atoms with E-state index in [1.807, 2.05) is 5.43 Å². The largest absolute Gasteiger partial charge is 0.324 e. The van der Waals surface area contributed by atoms with Crippen LogP contribution in [0.2, 0.25) is 0 Å². The Morgan fingerprint density at radius 3 is 2.43 bits per heavy atom. The second-order valence-electron chi connectivity index (χ2n) is 7.05. The molecule has 30 heavy (non-hydrogen) atoms. The van der Waals surface area contributed by atoms with E-state index in [0.29, 0.717) is 18.8 Å². The highest BCUT2D eigenvalue weighted by molar-refractivity contribution is 5.94. The summed E-state index contributed by atoms with van der Waals surface area (Å²) in [6.45, 7) is 5.43. The van der Waals surface area contributed by atoms with Gasteiger partial charge < -0.3 is 9.80 Å². The Bertz CT molecular complexity index is 916. The van der Waals surface area contributed by atoms with Gasteiger partial charge in [0.25, 0.3) is 5.91 Å². The van der Waals surface area contributed by atoms with Gasteiger partial charge in [-0.05, 0) is 36.9 Å². The average Bonchev–Trinajstić information content (AvgIpc) is 2.77. The molecular weight excluding hydrogens is 392 g/mol. The predicted molar refractivity (Wildman–Crippen MR) is 110 cm³/mol. The Balaban J connectivity index is 1.87. The van der Waals surface area contributed by atoms with E-state index in [9.17, 15) is 18.4 Å². The molecule has 1 heterocycles. The summed E-state index contributed by atoms with van der Waals surface area (Å²) in [6, 6.07) is 9.23. The summed E-state index contributed by atoms with van der Waals surface area (Å²) in [5.74, 6) is 3.33. The number of carbonyl (C=O) groups is 2. The first-order chi connectivity index (χ1) is 14.4. The van der Waals surface area contributed by atoms with Gasteiger partial charge in [-0.3, -0.25) is 15.1 Å². The lowest BCUT2D eigenvalue weighted by Gasteiger charge is -2.37. The van der Waals surface area contributed by atoms with Gasteiger partial charge >= 0.3 is 6.03 Å². The molecule has 0 spiro atoms. The summed E-state index contributed by atoms with van der Waals surface area (Å²) in [6.07, 6.45) is 0. The van der Waals surface area contributed by atoms with Crippen LogP contribution in [0.5, 0.6) is 0 Å². The molecule has 2 aromatic carbocycles. The number of nitrogen functional groups attached to an aromatic ring is 1. The van der Waals surface area contributed by atoms with E-state index < -0.39 is 17.5 Å². The molecule has 1 aliphatic heterocycles. The van der Waals surface area contributed by atoms with Crippen molar-refractivity contribution in [2.45, 2.75) is 13.5 Å². The first-order valence-corrected chi connectivity index (χ1v) is 9.76. The number of anilines is 1. The van der Waals surface area contributed by atoms with Crippen molar-refractivity contribution in [1.82, 2.24) is 15.2 Å². The molecule has 9 heteroatoms. The fourth-order valence-electron chi connectivity index (χ4n) is 3.41. The second-order valence-corrected chi connectivity index (χ2v) is 7.05. The lowest BCUT2D eigenvalue weighted by atomic mass is 10.1. The number of halogens is 2. The molecule has 1 aliphatic rings. The number of nitrogens with two attached hydrogens (primary N) is 1. The molecule has 0 aromatic heterocycles. The van der Waals surface area contributed by atoms with E-state index in [1.165, 1.54) is 35.2 Å². The van der Waals surface area contributed by atoms with Gasteiger partial charge in [0, 0.05) is 43.0 Å². The maximum absolute atomic E-state index is 14.7. The molecule has 0 atom stereocenters. The minimum Gasteiger partial charge on any atom is -0.322 e. The molecule has 0 unspecified atom stereocenters. The van der Waals surface area contributed by atoms with Crippen LogP contribution in [-0.2, 0) is 6.54 Å². The zero-order chi connectivity index (χ0) is 21.7. The minimum absolute atomic E-state index is 0.0677. The maximum Gasteiger partial charge on any atom is 0.324 e. The third-order valence-corrected chi connectivity index (χ3v) is 5.22. The summed E-state index contributed by atoms with van der Waals surface area (Å²) in [5.41, 5.74) is 2.55. The molecule has 0 bridgehead atoms. The number of urea groups is 1. The molecule has 7 nitrogen and oxygen atoms in total. The lowest BCUT2D eigenvalue weighted by Crippen LogP contribution is -2.52. The zero-order valence-electron chi connectivity index (χ0n) is 16.8. The molecule has 2 aromatic rings. The van der Waals surface area contributed by atoms with Crippen molar-refractivity contribution < 1.29 is 18.4 Å². The number of carbonyl (C=O) groups excluding carboxylic acids is 2. The first-order valence-electron chi connectivity index (χ1n) is 9.76. The summed E-state index contributed by atoms with van der Waals surface area (Å²) >= 11 is 0. The third kappa shape index (κ3) is 4.92. The number of nitrogens with one attached hydrogen (secondary N) is 1. The van der Waals surface area contributed by atoms with Gasteiger partial charge in [-0.1, -0.05) is 19.1 Å². The van der Waals surface area contributed by atoms with E-state index in [0.717, 1.165) is 25.7 Å². The highest BCUT2D eigenvalue weighted by Crippen LogP contribution is 2.23. The molecule has 0 aliphatic carbocycles. The van der Waals surface area contributed by atoms with Crippen molar-refractivity contribution in [3.63, 3.8) is 0 Å². The third-order valence-electron chi connectivity index (χ3n) is 5.22. The molecule has 1 fully saturated rings. The van der Waals surface area contributed by atoms with Crippen molar-refractivity contribution in [3.05, 3.63) is 65.2 Å². The Hall–Kier alpha value is -3.04. The summed E-state index contributed by atoms with van der Waals surface area (Å²) in [7, 11) is 0. The molecular formula is C21H25F2N5O2. The van der Waals surface area contributed by atoms with E-state index in [1.54, 1.807) is 11.0 Å². The van der Waals surface area contributed by atoms with Crippen molar-refractivity contribution >= 4 is 17.6 Å². The van der Waals surface area contributed by atoms with Crippen LogP contribution in [-0.4, -0.2) is 54.5 Å². The second kappa shape index (κ2) is 9.64. The SMILES string of the molecule is CCN1CCN(C(=O)N(Cc2ccc(C(=O)NN)cc2F)c2cccc(F)c2)CC1. The number of rotatable bonds is 5. The Labute approximate surface area is 174 Å². The zero-order valence-corrected chi connectivity index (χ0v) is 16.8. The van der Waals surface area contributed by atoms with E-state index in [4.69, 9.17) is 5.84 Å². The molecule has 1 saturated heterocycles. The number of benzene rings is 2. The average molecular weight is 417 g/mol. The quantitative estimate of drug-likeness (QED) is 0.445. The van der Waals surface area contributed by atoms with Gasteiger partial charge in [-0.2, -0.15) is 0 Å². The molecule has 0 radical (unpaired) electrons. The molecule has 3 N–H and O–H groups in total. The smallest absolute Gasteiger partial charge is 0.322 e. The Morgan fingerprint density at radius 1 is 1.10 bits per heavy atom.